The summed E-state index contributed by atoms with van der Waals surface area (Å²) in [5.41, 5.74) is 3.32. The number of aromatic nitrogens is 2. The van der Waals surface area contributed by atoms with E-state index in [4.69, 9.17) is 9.47 Å². The summed E-state index contributed by atoms with van der Waals surface area (Å²) in [6.07, 6.45) is 0.970. The summed E-state index contributed by atoms with van der Waals surface area (Å²) in [6, 6.07) is 14.1. The Morgan fingerprint density at radius 1 is 1.07 bits per heavy atom. The Bertz CT molecular complexity index is 980. The normalized spacial score (nSPS) is 11.5. The number of methoxy groups -OCH3 is 2. The second-order valence-corrected chi connectivity index (χ2v) is 6.69. The molecule has 154 valence electrons. The molecular formula is C22H29N5O2. The molecule has 1 heterocycles. The van der Waals surface area contributed by atoms with Gasteiger partial charge in [-0.25, -0.2) is 4.98 Å². The van der Waals surface area contributed by atoms with Gasteiger partial charge in [0.2, 0.25) is 0 Å². The van der Waals surface area contributed by atoms with Crippen LogP contribution in [0.3, 0.4) is 0 Å². The molecule has 0 atom stereocenters. The Hall–Kier alpha value is -3.22. The van der Waals surface area contributed by atoms with Crippen molar-refractivity contribution in [2.75, 3.05) is 27.8 Å². The highest BCUT2D eigenvalue weighted by Gasteiger charge is 2.07. The molecule has 0 spiro atoms. The number of nitrogens with zero attached hydrogens (tertiary/aromatic N) is 3. The molecule has 0 aliphatic heterocycles. The second kappa shape index (κ2) is 9.82. The first-order valence-electron chi connectivity index (χ1n) is 9.73. The molecule has 29 heavy (non-hydrogen) atoms. The van der Waals surface area contributed by atoms with Crippen LogP contribution in [0.15, 0.2) is 47.5 Å². The van der Waals surface area contributed by atoms with E-state index in [1.165, 1.54) is 5.52 Å². The Balaban J connectivity index is 1.49. The predicted octanol–water partition coefficient (Wildman–Crippen LogP) is 3.12. The molecule has 2 aromatic carbocycles. The van der Waals surface area contributed by atoms with Crippen LogP contribution < -0.4 is 20.1 Å². The van der Waals surface area contributed by atoms with Crippen LogP contribution in [0.1, 0.15) is 17.8 Å². The summed E-state index contributed by atoms with van der Waals surface area (Å²) in [4.78, 5) is 8.92. The third-order valence-corrected chi connectivity index (χ3v) is 4.83. The SMILES string of the molecule is CN=C(NCCCn1c(C)nc2ccccc21)NCc1ccc(OC)c(OC)c1. The van der Waals surface area contributed by atoms with E-state index in [0.29, 0.717) is 6.54 Å². The highest BCUT2D eigenvalue weighted by molar-refractivity contribution is 5.79. The smallest absolute Gasteiger partial charge is 0.191 e. The molecule has 2 N–H and O–H groups in total. The Kier molecular flexibility index (Phi) is 6.94. The quantitative estimate of drug-likeness (QED) is 0.348. The molecule has 0 aliphatic carbocycles. The lowest BCUT2D eigenvalue weighted by molar-refractivity contribution is 0.354. The van der Waals surface area contributed by atoms with Crippen LogP contribution in [0.5, 0.6) is 11.5 Å². The zero-order valence-electron chi connectivity index (χ0n) is 17.5. The number of aliphatic imine (C=N–C) groups is 1. The van der Waals surface area contributed by atoms with Crippen molar-refractivity contribution in [2.24, 2.45) is 4.99 Å². The van der Waals surface area contributed by atoms with Crippen molar-refractivity contribution in [3.63, 3.8) is 0 Å². The highest BCUT2D eigenvalue weighted by atomic mass is 16.5. The first kappa shape index (κ1) is 20.5. The second-order valence-electron chi connectivity index (χ2n) is 6.69. The molecule has 1 aromatic heterocycles. The van der Waals surface area contributed by atoms with E-state index in [1.807, 2.05) is 24.3 Å². The minimum Gasteiger partial charge on any atom is -0.493 e. The largest absolute Gasteiger partial charge is 0.493 e. The van der Waals surface area contributed by atoms with Gasteiger partial charge in [-0.1, -0.05) is 18.2 Å². The zero-order valence-corrected chi connectivity index (χ0v) is 17.5. The molecule has 3 rings (SSSR count). The van der Waals surface area contributed by atoms with Crippen molar-refractivity contribution in [3.8, 4) is 11.5 Å². The average molecular weight is 396 g/mol. The van der Waals surface area contributed by atoms with Crippen molar-refractivity contribution in [1.29, 1.82) is 0 Å². The monoisotopic (exact) mass is 395 g/mol. The maximum Gasteiger partial charge on any atom is 0.191 e. The maximum absolute atomic E-state index is 5.36. The van der Waals surface area contributed by atoms with E-state index in [0.717, 1.165) is 53.9 Å². The van der Waals surface area contributed by atoms with Gasteiger partial charge in [-0.15, -0.1) is 0 Å². The molecule has 0 radical (unpaired) electrons. The van der Waals surface area contributed by atoms with Gasteiger partial charge in [-0.2, -0.15) is 0 Å². The minimum atomic E-state index is 0.644. The van der Waals surface area contributed by atoms with E-state index >= 15 is 0 Å². The van der Waals surface area contributed by atoms with Gasteiger partial charge in [-0.05, 0) is 43.2 Å². The van der Waals surface area contributed by atoms with Crippen LogP contribution in [-0.2, 0) is 13.1 Å². The predicted molar refractivity (Wildman–Crippen MR) is 117 cm³/mol. The van der Waals surface area contributed by atoms with Crippen LogP contribution >= 0.6 is 0 Å². The molecule has 0 bridgehead atoms. The van der Waals surface area contributed by atoms with Crippen molar-refractivity contribution in [2.45, 2.75) is 26.4 Å². The summed E-state index contributed by atoms with van der Waals surface area (Å²) < 4.78 is 12.9. The molecule has 7 heteroatoms. The molecule has 0 aliphatic rings. The first-order chi connectivity index (χ1) is 14.2. The van der Waals surface area contributed by atoms with Gasteiger partial charge in [0.1, 0.15) is 5.82 Å². The van der Waals surface area contributed by atoms with Gasteiger partial charge in [0, 0.05) is 26.7 Å². The van der Waals surface area contributed by atoms with Crippen LogP contribution in [-0.4, -0.2) is 43.3 Å². The molecule has 3 aromatic rings. The van der Waals surface area contributed by atoms with Crippen LogP contribution in [0.25, 0.3) is 11.0 Å². The standard InChI is InChI=1S/C22H29N5O2/c1-16-26-18-8-5-6-9-19(18)27(16)13-7-12-24-22(23-2)25-15-17-10-11-20(28-3)21(14-17)29-4/h5-6,8-11,14H,7,12-13,15H2,1-4H3,(H2,23,24,25). The highest BCUT2D eigenvalue weighted by Crippen LogP contribution is 2.27. The molecular weight excluding hydrogens is 366 g/mol. The zero-order chi connectivity index (χ0) is 20.6. The fourth-order valence-electron chi connectivity index (χ4n) is 3.32. The number of imidazole rings is 1. The lowest BCUT2D eigenvalue weighted by Gasteiger charge is -2.14. The van der Waals surface area contributed by atoms with Crippen LogP contribution in [0, 0.1) is 6.92 Å². The summed E-state index contributed by atoms with van der Waals surface area (Å²) in [7, 11) is 5.05. The van der Waals surface area contributed by atoms with Crippen molar-refractivity contribution < 1.29 is 9.47 Å². The number of rotatable bonds is 8. The van der Waals surface area contributed by atoms with Gasteiger partial charge in [-0.3, -0.25) is 4.99 Å². The Labute approximate surface area is 171 Å². The van der Waals surface area contributed by atoms with E-state index in [2.05, 4.69) is 50.3 Å². The van der Waals surface area contributed by atoms with Crippen molar-refractivity contribution in [1.82, 2.24) is 20.2 Å². The lowest BCUT2D eigenvalue weighted by atomic mass is 10.2. The number of hydrogen-bond donors (Lipinski definition) is 2. The van der Waals surface area contributed by atoms with E-state index in [-0.39, 0.29) is 0 Å². The van der Waals surface area contributed by atoms with Crippen LogP contribution in [0.4, 0.5) is 0 Å². The van der Waals surface area contributed by atoms with Gasteiger partial charge in [0.25, 0.3) is 0 Å². The molecule has 0 saturated carbocycles. The van der Waals surface area contributed by atoms with Gasteiger partial charge in [0.15, 0.2) is 17.5 Å². The maximum atomic E-state index is 5.36. The Morgan fingerprint density at radius 3 is 2.62 bits per heavy atom. The van der Waals surface area contributed by atoms with Gasteiger partial charge < -0.3 is 24.7 Å². The third kappa shape index (κ3) is 4.99. The summed E-state index contributed by atoms with van der Waals surface area (Å²) in [6.45, 7) is 4.42. The number of ether oxygens (including phenoxy) is 2. The number of hydrogen-bond acceptors (Lipinski definition) is 4. The summed E-state index contributed by atoms with van der Waals surface area (Å²) in [5.74, 6) is 3.26. The average Bonchev–Trinajstić information content (AvgIpc) is 3.08. The fraction of sp³-hybridized carbons (Fsp3) is 0.364. The number of guanidine groups is 1. The third-order valence-electron chi connectivity index (χ3n) is 4.83. The minimum absolute atomic E-state index is 0.644. The number of fused-ring (bicyclic) bond motifs is 1. The van der Waals surface area contributed by atoms with Gasteiger partial charge in [0.05, 0.1) is 25.3 Å². The molecule has 7 nitrogen and oxygen atoms in total. The van der Waals surface area contributed by atoms with Gasteiger partial charge >= 0.3 is 0 Å². The van der Waals surface area contributed by atoms with Crippen molar-refractivity contribution >= 4 is 17.0 Å². The fourth-order valence-corrected chi connectivity index (χ4v) is 3.32. The van der Waals surface area contributed by atoms with E-state index in [1.54, 1.807) is 21.3 Å². The van der Waals surface area contributed by atoms with Crippen molar-refractivity contribution in [3.05, 3.63) is 53.9 Å². The molecule has 0 amide bonds. The molecule has 0 unspecified atom stereocenters. The summed E-state index contributed by atoms with van der Waals surface area (Å²) >= 11 is 0. The van der Waals surface area contributed by atoms with E-state index < -0.39 is 0 Å². The topological polar surface area (TPSA) is 72.7 Å². The number of para-hydroxylation sites is 2. The Morgan fingerprint density at radius 2 is 1.86 bits per heavy atom. The molecule has 0 saturated heterocycles. The lowest BCUT2D eigenvalue weighted by Crippen LogP contribution is -2.37. The van der Waals surface area contributed by atoms with E-state index in [9.17, 15) is 0 Å². The first-order valence-corrected chi connectivity index (χ1v) is 9.73. The van der Waals surface area contributed by atoms with Crippen LogP contribution in [0.2, 0.25) is 0 Å². The molecule has 0 fully saturated rings. The number of nitrogens with one attached hydrogen (secondary N) is 2. The number of benzene rings is 2. The summed E-state index contributed by atoms with van der Waals surface area (Å²) in [5, 5.41) is 6.70. The number of aryl methyl sites for hydroxylation is 2.